The molecular weight excluding hydrogens is 213 g/mol. The lowest BCUT2D eigenvalue weighted by atomic mass is 9.85. The van der Waals surface area contributed by atoms with E-state index in [1.807, 2.05) is 12.1 Å². The van der Waals surface area contributed by atoms with Gasteiger partial charge in [0.25, 0.3) is 0 Å². The second-order valence-corrected chi connectivity index (χ2v) is 6.05. The molecule has 94 valence electrons. The van der Waals surface area contributed by atoms with Gasteiger partial charge in [-0.05, 0) is 48.5 Å². The highest BCUT2D eigenvalue weighted by Gasteiger charge is 2.19. The van der Waals surface area contributed by atoms with Gasteiger partial charge in [-0.15, -0.1) is 0 Å². The Labute approximate surface area is 104 Å². The highest BCUT2D eigenvalue weighted by Crippen LogP contribution is 2.26. The summed E-state index contributed by atoms with van der Waals surface area (Å²) in [5.74, 6) is -0.0809. The van der Waals surface area contributed by atoms with Gasteiger partial charge in [0.2, 0.25) is 0 Å². The number of hydrogen-bond acceptors (Lipinski definition) is 1. The molecule has 1 aromatic rings. The summed E-state index contributed by atoms with van der Waals surface area (Å²) in [5, 5.41) is 0. The van der Waals surface area contributed by atoms with E-state index in [0.29, 0.717) is 0 Å². The third-order valence-electron chi connectivity index (χ3n) is 3.44. The third kappa shape index (κ3) is 3.06. The Morgan fingerprint density at radius 2 is 1.82 bits per heavy atom. The molecule has 1 heterocycles. The van der Waals surface area contributed by atoms with Crippen molar-refractivity contribution in [1.82, 2.24) is 4.90 Å². The van der Waals surface area contributed by atoms with Crippen LogP contribution in [0.3, 0.4) is 0 Å². The number of halogens is 1. The van der Waals surface area contributed by atoms with Crippen molar-refractivity contribution in [3.05, 3.63) is 35.1 Å². The van der Waals surface area contributed by atoms with Crippen molar-refractivity contribution in [3.8, 4) is 0 Å². The third-order valence-corrected chi connectivity index (χ3v) is 3.44. The monoisotopic (exact) mass is 235 g/mol. The zero-order valence-electron chi connectivity index (χ0n) is 11.1. The van der Waals surface area contributed by atoms with Gasteiger partial charge < -0.3 is 0 Å². The Hall–Kier alpha value is -0.890. The van der Waals surface area contributed by atoms with Gasteiger partial charge >= 0.3 is 0 Å². The molecule has 2 heteroatoms. The minimum absolute atomic E-state index is 0.0809. The molecule has 1 fully saturated rings. The number of likely N-dealkylation sites (tertiary alicyclic amines) is 1. The van der Waals surface area contributed by atoms with E-state index in [0.717, 1.165) is 12.1 Å². The summed E-state index contributed by atoms with van der Waals surface area (Å²) in [4.78, 5) is 2.44. The van der Waals surface area contributed by atoms with E-state index < -0.39 is 0 Å². The van der Waals surface area contributed by atoms with Crippen LogP contribution in [0.4, 0.5) is 4.39 Å². The highest BCUT2D eigenvalue weighted by molar-refractivity contribution is 5.30. The molecule has 0 aliphatic carbocycles. The van der Waals surface area contributed by atoms with E-state index in [2.05, 4.69) is 25.7 Å². The van der Waals surface area contributed by atoms with Gasteiger partial charge in [-0.2, -0.15) is 0 Å². The number of nitrogens with zero attached hydrogens (tertiary/aromatic N) is 1. The fraction of sp³-hybridized carbons (Fsp3) is 0.600. The molecule has 0 amide bonds. The molecule has 0 spiro atoms. The number of benzene rings is 1. The number of rotatable bonds is 2. The van der Waals surface area contributed by atoms with E-state index in [1.165, 1.54) is 31.5 Å². The summed E-state index contributed by atoms with van der Waals surface area (Å²) in [5.41, 5.74) is 1.94. The maximum atomic E-state index is 13.8. The molecule has 0 saturated carbocycles. The fourth-order valence-electron chi connectivity index (χ4n) is 2.44. The first-order valence-corrected chi connectivity index (χ1v) is 6.48. The van der Waals surface area contributed by atoms with Gasteiger partial charge in [-0.1, -0.05) is 32.9 Å². The van der Waals surface area contributed by atoms with Gasteiger partial charge in [0, 0.05) is 6.54 Å². The van der Waals surface area contributed by atoms with Crippen LogP contribution in [-0.2, 0) is 12.0 Å². The van der Waals surface area contributed by atoms with Crippen LogP contribution >= 0.6 is 0 Å². The lowest BCUT2D eigenvalue weighted by molar-refractivity contribution is 0.331. The van der Waals surface area contributed by atoms with Crippen molar-refractivity contribution in [2.75, 3.05) is 13.1 Å². The van der Waals surface area contributed by atoms with Crippen LogP contribution in [0.5, 0.6) is 0 Å². The van der Waals surface area contributed by atoms with Crippen molar-refractivity contribution in [1.29, 1.82) is 0 Å². The van der Waals surface area contributed by atoms with Gasteiger partial charge in [-0.25, -0.2) is 4.39 Å². The number of hydrogen-bond donors (Lipinski definition) is 0. The quantitative estimate of drug-likeness (QED) is 0.755. The average Bonchev–Trinajstić information content (AvgIpc) is 2.72. The minimum Gasteiger partial charge on any atom is -0.299 e. The predicted molar refractivity (Wildman–Crippen MR) is 69.6 cm³/mol. The lowest BCUT2D eigenvalue weighted by Gasteiger charge is -2.22. The largest absolute Gasteiger partial charge is 0.299 e. The van der Waals surface area contributed by atoms with Crippen molar-refractivity contribution < 1.29 is 4.39 Å². The van der Waals surface area contributed by atoms with Crippen LogP contribution in [0.25, 0.3) is 0 Å². The summed E-state index contributed by atoms with van der Waals surface area (Å²) in [7, 11) is 0. The van der Waals surface area contributed by atoms with Crippen LogP contribution in [0, 0.1) is 5.82 Å². The van der Waals surface area contributed by atoms with Crippen molar-refractivity contribution in [3.63, 3.8) is 0 Å². The van der Waals surface area contributed by atoms with Crippen molar-refractivity contribution >= 4 is 0 Å². The predicted octanol–water partition coefficient (Wildman–Crippen LogP) is 3.72. The fourth-order valence-corrected chi connectivity index (χ4v) is 2.44. The second kappa shape index (κ2) is 4.77. The summed E-state index contributed by atoms with van der Waals surface area (Å²) in [6.45, 7) is 9.51. The first-order chi connectivity index (χ1) is 7.97. The first-order valence-electron chi connectivity index (χ1n) is 6.48. The standard InChI is InChI=1S/C15H22FN/c1-15(2,3)13-10-12(6-7-14(13)16)11-17-8-4-5-9-17/h6-7,10H,4-5,8-9,11H2,1-3H3. The molecule has 2 rings (SSSR count). The smallest absolute Gasteiger partial charge is 0.126 e. The molecule has 1 saturated heterocycles. The Kier molecular flexibility index (Phi) is 3.53. The van der Waals surface area contributed by atoms with Crippen LogP contribution < -0.4 is 0 Å². The summed E-state index contributed by atoms with van der Waals surface area (Å²) in [6.07, 6.45) is 2.60. The maximum absolute atomic E-state index is 13.8. The molecule has 1 aliphatic rings. The van der Waals surface area contributed by atoms with E-state index in [-0.39, 0.29) is 11.2 Å². The minimum atomic E-state index is -0.120. The summed E-state index contributed by atoms with van der Waals surface area (Å²) in [6, 6.07) is 5.57. The van der Waals surface area contributed by atoms with E-state index in [9.17, 15) is 4.39 Å². The van der Waals surface area contributed by atoms with Crippen LogP contribution in [0.15, 0.2) is 18.2 Å². The molecule has 0 bridgehead atoms. The van der Waals surface area contributed by atoms with E-state index in [1.54, 1.807) is 6.07 Å². The molecule has 1 nitrogen and oxygen atoms in total. The molecule has 0 unspecified atom stereocenters. The van der Waals surface area contributed by atoms with Crippen LogP contribution in [0.2, 0.25) is 0 Å². The van der Waals surface area contributed by atoms with Gasteiger partial charge in [-0.3, -0.25) is 4.90 Å². The van der Waals surface area contributed by atoms with Crippen molar-refractivity contribution in [2.24, 2.45) is 0 Å². The second-order valence-electron chi connectivity index (χ2n) is 6.05. The zero-order chi connectivity index (χ0) is 12.5. The van der Waals surface area contributed by atoms with Gasteiger partial charge in [0.15, 0.2) is 0 Å². The molecule has 1 aromatic carbocycles. The average molecular weight is 235 g/mol. The Bertz CT molecular complexity index is 386. The topological polar surface area (TPSA) is 3.24 Å². The Morgan fingerprint density at radius 1 is 1.18 bits per heavy atom. The molecule has 0 N–H and O–H groups in total. The van der Waals surface area contributed by atoms with Crippen molar-refractivity contribution in [2.45, 2.75) is 45.6 Å². The first kappa shape index (κ1) is 12.6. The molecule has 17 heavy (non-hydrogen) atoms. The van der Waals surface area contributed by atoms with Gasteiger partial charge in [0.05, 0.1) is 0 Å². The lowest BCUT2D eigenvalue weighted by Crippen LogP contribution is -2.20. The van der Waals surface area contributed by atoms with E-state index in [4.69, 9.17) is 0 Å². The summed E-state index contributed by atoms with van der Waals surface area (Å²) < 4.78 is 13.8. The highest BCUT2D eigenvalue weighted by atomic mass is 19.1. The Balaban J connectivity index is 2.18. The normalized spacial score (nSPS) is 17.6. The SMILES string of the molecule is CC(C)(C)c1cc(CN2CCCC2)ccc1F. The van der Waals surface area contributed by atoms with Crippen LogP contribution in [0.1, 0.15) is 44.7 Å². The summed E-state index contributed by atoms with van der Waals surface area (Å²) >= 11 is 0. The molecule has 0 aromatic heterocycles. The Morgan fingerprint density at radius 3 is 2.41 bits per heavy atom. The van der Waals surface area contributed by atoms with E-state index >= 15 is 0 Å². The molecule has 1 aliphatic heterocycles. The molecule has 0 atom stereocenters. The zero-order valence-corrected chi connectivity index (χ0v) is 11.1. The van der Waals surface area contributed by atoms with Gasteiger partial charge in [0.1, 0.15) is 5.82 Å². The van der Waals surface area contributed by atoms with Crippen LogP contribution in [-0.4, -0.2) is 18.0 Å². The maximum Gasteiger partial charge on any atom is 0.126 e. The molecular formula is C15H22FN. The molecule has 0 radical (unpaired) electrons.